The Hall–Kier alpha value is -6.37. The molecule has 0 bridgehead atoms. The zero-order valence-electron chi connectivity index (χ0n) is 24.9. The van der Waals surface area contributed by atoms with Crippen LogP contribution in [0.25, 0.3) is 77.2 Å². The maximum Gasteiger partial charge on any atom is 0.0998 e. The van der Waals surface area contributed by atoms with Gasteiger partial charge in [-0.3, -0.25) is 0 Å². The van der Waals surface area contributed by atoms with Crippen molar-refractivity contribution in [1.82, 2.24) is 9.13 Å². The number of fused-ring (bicyclic) bond motifs is 6. The molecule has 214 valence electrons. The Bertz CT molecular complexity index is 2540. The van der Waals surface area contributed by atoms with Crippen LogP contribution in [0.4, 0.5) is 0 Å². The molecule has 0 amide bonds. The molecule has 0 aliphatic carbocycles. The molecule has 0 aliphatic heterocycles. The lowest BCUT2D eigenvalue weighted by Crippen LogP contribution is -1.99. The maximum atomic E-state index is 9.93. The van der Waals surface area contributed by atoms with E-state index in [4.69, 9.17) is 0 Å². The van der Waals surface area contributed by atoms with Gasteiger partial charge in [-0.15, -0.1) is 0 Å². The fourth-order valence-electron chi connectivity index (χ4n) is 7.13. The van der Waals surface area contributed by atoms with Gasteiger partial charge >= 0.3 is 0 Å². The van der Waals surface area contributed by atoms with Gasteiger partial charge in [0.1, 0.15) is 0 Å². The lowest BCUT2D eigenvalue weighted by Gasteiger charge is -2.17. The van der Waals surface area contributed by atoms with E-state index in [-0.39, 0.29) is 0 Å². The summed E-state index contributed by atoms with van der Waals surface area (Å²) in [6, 6.07) is 60.2. The molecule has 3 nitrogen and oxygen atoms in total. The van der Waals surface area contributed by atoms with Crippen molar-refractivity contribution in [2.24, 2.45) is 0 Å². The summed E-state index contributed by atoms with van der Waals surface area (Å²) in [4.78, 5) is 0. The Morgan fingerprint density at radius 3 is 1.39 bits per heavy atom. The van der Waals surface area contributed by atoms with Crippen LogP contribution in [0.15, 0.2) is 164 Å². The Balaban J connectivity index is 1.28. The second-order valence-corrected chi connectivity index (χ2v) is 11.7. The summed E-state index contributed by atoms with van der Waals surface area (Å²) in [5.41, 5.74) is 11.8. The summed E-state index contributed by atoms with van der Waals surface area (Å²) in [5, 5.41) is 14.9. The van der Waals surface area contributed by atoms with Gasteiger partial charge in [-0.2, -0.15) is 5.26 Å². The molecule has 2 aromatic heterocycles. The highest BCUT2D eigenvalue weighted by Crippen LogP contribution is 2.39. The zero-order chi connectivity index (χ0) is 30.6. The SMILES string of the molecule is N#Cc1ccccc1-c1ccc(-c2ccc(-n3c4ccccc4c4ccccc43)cc2)c(-n2c3ccccc3c3ccccc32)c1. The predicted molar refractivity (Wildman–Crippen MR) is 191 cm³/mol. The molecule has 0 N–H and O–H groups in total. The number of nitrogens with zero attached hydrogens (tertiary/aromatic N) is 3. The van der Waals surface area contributed by atoms with E-state index in [2.05, 4.69) is 155 Å². The van der Waals surface area contributed by atoms with E-state index in [0.29, 0.717) is 5.56 Å². The minimum Gasteiger partial charge on any atom is -0.309 e. The maximum absolute atomic E-state index is 9.93. The van der Waals surface area contributed by atoms with Gasteiger partial charge in [0.15, 0.2) is 0 Å². The summed E-state index contributed by atoms with van der Waals surface area (Å²) >= 11 is 0. The molecule has 0 unspecified atom stereocenters. The summed E-state index contributed by atoms with van der Waals surface area (Å²) < 4.78 is 4.73. The van der Waals surface area contributed by atoms with E-state index >= 15 is 0 Å². The van der Waals surface area contributed by atoms with E-state index in [1.165, 1.54) is 32.6 Å². The van der Waals surface area contributed by atoms with Gasteiger partial charge < -0.3 is 9.13 Å². The largest absolute Gasteiger partial charge is 0.309 e. The number of hydrogen-bond acceptors (Lipinski definition) is 1. The van der Waals surface area contributed by atoms with Crippen LogP contribution < -0.4 is 0 Å². The zero-order valence-corrected chi connectivity index (χ0v) is 24.9. The van der Waals surface area contributed by atoms with Crippen molar-refractivity contribution in [3.63, 3.8) is 0 Å². The predicted octanol–water partition coefficient (Wildman–Crippen LogP) is 11.1. The number of hydrogen-bond donors (Lipinski definition) is 0. The second-order valence-electron chi connectivity index (χ2n) is 11.7. The lowest BCUT2D eigenvalue weighted by molar-refractivity contribution is 1.17. The first-order valence-electron chi connectivity index (χ1n) is 15.5. The van der Waals surface area contributed by atoms with Crippen LogP contribution in [-0.2, 0) is 0 Å². The van der Waals surface area contributed by atoms with Gasteiger partial charge in [-0.1, -0.05) is 115 Å². The van der Waals surface area contributed by atoms with Crippen LogP contribution in [-0.4, -0.2) is 9.13 Å². The van der Waals surface area contributed by atoms with Gasteiger partial charge in [-0.25, -0.2) is 0 Å². The molecule has 0 saturated carbocycles. The molecule has 9 rings (SSSR count). The van der Waals surface area contributed by atoms with Crippen LogP contribution in [0.1, 0.15) is 5.56 Å². The third-order valence-corrected chi connectivity index (χ3v) is 9.19. The molecule has 0 saturated heterocycles. The number of benzene rings is 7. The smallest absolute Gasteiger partial charge is 0.0998 e. The summed E-state index contributed by atoms with van der Waals surface area (Å²) in [7, 11) is 0. The molecule has 0 aliphatic rings. The highest BCUT2D eigenvalue weighted by atomic mass is 15.0. The third-order valence-electron chi connectivity index (χ3n) is 9.19. The summed E-state index contributed by atoms with van der Waals surface area (Å²) in [6.07, 6.45) is 0. The van der Waals surface area contributed by atoms with Crippen LogP contribution in [0.2, 0.25) is 0 Å². The van der Waals surface area contributed by atoms with E-state index in [1.807, 2.05) is 24.3 Å². The second kappa shape index (κ2) is 10.4. The normalized spacial score (nSPS) is 11.5. The molecule has 9 aromatic rings. The van der Waals surface area contributed by atoms with Crippen molar-refractivity contribution in [3.8, 4) is 39.7 Å². The van der Waals surface area contributed by atoms with Crippen LogP contribution in [0, 0.1) is 11.3 Å². The number of para-hydroxylation sites is 4. The fraction of sp³-hybridized carbons (Fsp3) is 0. The molecule has 0 atom stereocenters. The Morgan fingerprint density at radius 2 is 0.848 bits per heavy atom. The molecule has 46 heavy (non-hydrogen) atoms. The van der Waals surface area contributed by atoms with E-state index in [0.717, 1.165) is 44.7 Å². The van der Waals surface area contributed by atoms with Crippen LogP contribution in [0.5, 0.6) is 0 Å². The van der Waals surface area contributed by atoms with Crippen LogP contribution in [0.3, 0.4) is 0 Å². The number of rotatable bonds is 4. The van der Waals surface area contributed by atoms with Crippen molar-refractivity contribution >= 4 is 43.6 Å². The minimum atomic E-state index is 0.666. The quantitative estimate of drug-likeness (QED) is 0.202. The Morgan fingerprint density at radius 1 is 0.391 bits per heavy atom. The lowest BCUT2D eigenvalue weighted by atomic mass is 9.95. The van der Waals surface area contributed by atoms with Crippen molar-refractivity contribution in [3.05, 3.63) is 169 Å². The van der Waals surface area contributed by atoms with Gasteiger partial charge in [0.2, 0.25) is 0 Å². The molecular weight excluding hydrogens is 558 g/mol. The highest BCUT2D eigenvalue weighted by molar-refractivity contribution is 6.10. The van der Waals surface area contributed by atoms with E-state index in [1.54, 1.807) is 0 Å². The van der Waals surface area contributed by atoms with Gasteiger partial charge in [-0.05, 0) is 65.2 Å². The third kappa shape index (κ3) is 3.91. The first kappa shape index (κ1) is 26.1. The Kier molecular flexibility index (Phi) is 5.88. The first-order chi connectivity index (χ1) is 22.8. The molecule has 0 fully saturated rings. The van der Waals surface area contributed by atoms with Crippen molar-refractivity contribution in [2.45, 2.75) is 0 Å². The molecule has 3 heteroatoms. The molecule has 2 heterocycles. The minimum absolute atomic E-state index is 0.666. The summed E-state index contributed by atoms with van der Waals surface area (Å²) in [6.45, 7) is 0. The fourth-order valence-corrected chi connectivity index (χ4v) is 7.13. The monoisotopic (exact) mass is 585 g/mol. The molecule has 0 spiro atoms. The molecule has 7 aromatic carbocycles. The van der Waals surface area contributed by atoms with Gasteiger partial charge in [0.25, 0.3) is 0 Å². The number of nitriles is 1. The van der Waals surface area contributed by atoms with Gasteiger partial charge in [0, 0.05) is 32.8 Å². The average Bonchev–Trinajstić information content (AvgIpc) is 3.65. The molecule has 0 radical (unpaired) electrons. The standard InChI is InChI=1S/C43H27N3/c44-28-31-11-1-2-12-33(31)30-23-26-34(43(27-30)46-41-19-9-5-15-37(41)38-16-6-10-20-42(38)46)29-21-24-32(25-22-29)45-39-17-7-3-13-35(39)36-14-4-8-18-40(36)45/h1-27H. The van der Waals surface area contributed by atoms with Crippen molar-refractivity contribution < 1.29 is 0 Å². The topological polar surface area (TPSA) is 33.6 Å². The van der Waals surface area contributed by atoms with E-state index < -0.39 is 0 Å². The average molecular weight is 586 g/mol. The Labute approximate surface area is 266 Å². The van der Waals surface area contributed by atoms with Crippen molar-refractivity contribution in [2.75, 3.05) is 0 Å². The number of aromatic nitrogens is 2. The van der Waals surface area contributed by atoms with E-state index in [9.17, 15) is 5.26 Å². The molecular formula is C43H27N3. The van der Waals surface area contributed by atoms with Gasteiger partial charge in [0.05, 0.1) is 39.4 Å². The summed E-state index contributed by atoms with van der Waals surface area (Å²) in [5.74, 6) is 0. The highest BCUT2D eigenvalue weighted by Gasteiger charge is 2.18. The van der Waals surface area contributed by atoms with Crippen LogP contribution >= 0.6 is 0 Å². The first-order valence-corrected chi connectivity index (χ1v) is 15.5. The van der Waals surface area contributed by atoms with Crippen molar-refractivity contribution in [1.29, 1.82) is 5.26 Å².